The Kier molecular flexibility index (Phi) is 5.76. The van der Waals surface area contributed by atoms with Crippen molar-refractivity contribution in [2.75, 3.05) is 26.7 Å². The van der Waals surface area contributed by atoms with Gasteiger partial charge >= 0.3 is 0 Å². The highest BCUT2D eigenvalue weighted by molar-refractivity contribution is 5.78. The lowest BCUT2D eigenvalue weighted by atomic mass is 10.0. The third-order valence-electron chi connectivity index (χ3n) is 4.45. The van der Waals surface area contributed by atoms with Crippen LogP contribution in [0, 0.1) is 6.92 Å². The number of aryl methyl sites for hydroxylation is 1. The Morgan fingerprint density at radius 1 is 1.38 bits per heavy atom. The smallest absolute Gasteiger partial charge is 0.236 e. The Morgan fingerprint density at radius 2 is 2.14 bits per heavy atom. The molecule has 4 nitrogen and oxygen atoms in total. The maximum atomic E-state index is 12.4. The molecule has 0 spiro atoms. The lowest BCUT2D eigenvalue weighted by molar-refractivity contribution is -0.132. The Hall–Kier alpha value is -1.39. The van der Waals surface area contributed by atoms with Gasteiger partial charge in [-0.1, -0.05) is 30.7 Å². The van der Waals surface area contributed by atoms with Crippen LogP contribution in [0.4, 0.5) is 0 Å². The normalized spacial score (nSPS) is 19.5. The molecule has 1 fully saturated rings. The molecular weight excluding hydrogens is 262 g/mol. The SMILES string of the molecule is Cc1ccccc1CN(C)C(=O)CN1CCCCC1CN. The molecule has 1 heterocycles. The quantitative estimate of drug-likeness (QED) is 0.898. The number of nitrogens with two attached hydrogens (primary N) is 1. The molecule has 1 aromatic rings. The van der Waals surface area contributed by atoms with E-state index in [0.717, 1.165) is 13.0 Å². The lowest BCUT2D eigenvalue weighted by Crippen LogP contribution is -2.48. The molecule has 116 valence electrons. The van der Waals surface area contributed by atoms with Gasteiger partial charge in [-0.15, -0.1) is 0 Å². The number of amides is 1. The van der Waals surface area contributed by atoms with Crippen molar-refractivity contribution in [2.24, 2.45) is 5.73 Å². The molecule has 0 aromatic heterocycles. The fourth-order valence-corrected chi connectivity index (χ4v) is 2.96. The Bertz CT molecular complexity index is 475. The fourth-order valence-electron chi connectivity index (χ4n) is 2.96. The predicted molar refractivity (Wildman–Crippen MR) is 85.9 cm³/mol. The molecule has 4 heteroatoms. The second-order valence-electron chi connectivity index (χ2n) is 6.03. The number of hydrogen-bond donors (Lipinski definition) is 1. The van der Waals surface area contributed by atoms with Gasteiger partial charge in [-0.3, -0.25) is 9.69 Å². The molecule has 0 aliphatic carbocycles. The molecule has 1 amide bonds. The topological polar surface area (TPSA) is 49.6 Å². The van der Waals surface area contributed by atoms with Crippen LogP contribution in [0.5, 0.6) is 0 Å². The predicted octanol–water partition coefficient (Wildman–Crippen LogP) is 1.77. The van der Waals surface area contributed by atoms with E-state index in [0.29, 0.717) is 25.7 Å². The zero-order valence-corrected chi connectivity index (χ0v) is 13.2. The van der Waals surface area contributed by atoms with Crippen LogP contribution in [0.25, 0.3) is 0 Å². The molecular formula is C17H27N3O. The number of carbonyl (C=O) groups excluding carboxylic acids is 1. The van der Waals surface area contributed by atoms with Gasteiger partial charge in [0, 0.05) is 26.2 Å². The van der Waals surface area contributed by atoms with Gasteiger partial charge in [0.25, 0.3) is 0 Å². The molecule has 0 saturated carbocycles. The van der Waals surface area contributed by atoms with Crippen LogP contribution in [0.2, 0.25) is 0 Å². The minimum absolute atomic E-state index is 0.179. The number of benzene rings is 1. The average Bonchev–Trinajstić information content (AvgIpc) is 2.50. The number of piperidine rings is 1. The third kappa shape index (κ3) is 4.29. The monoisotopic (exact) mass is 289 g/mol. The Labute approximate surface area is 127 Å². The van der Waals surface area contributed by atoms with E-state index in [1.807, 2.05) is 24.1 Å². The van der Waals surface area contributed by atoms with E-state index in [-0.39, 0.29) is 5.91 Å². The minimum Gasteiger partial charge on any atom is -0.340 e. The number of carbonyl (C=O) groups is 1. The van der Waals surface area contributed by atoms with E-state index < -0.39 is 0 Å². The van der Waals surface area contributed by atoms with E-state index in [1.165, 1.54) is 24.0 Å². The van der Waals surface area contributed by atoms with Crippen LogP contribution >= 0.6 is 0 Å². The number of hydrogen-bond acceptors (Lipinski definition) is 3. The summed E-state index contributed by atoms with van der Waals surface area (Å²) in [6, 6.07) is 8.59. The van der Waals surface area contributed by atoms with Gasteiger partial charge in [-0.2, -0.15) is 0 Å². The van der Waals surface area contributed by atoms with Gasteiger partial charge in [0.15, 0.2) is 0 Å². The lowest BCUT2D eigenvalue weighted by Gasteiger charge is -2.35. The summed E-state index contributed by atoms with van der Waals surface area (Å²) < 4.78 is 0. The molecule has 2 N–H and O–H groups in total. The number of nitrogens with zero attached hydrogens (tertiary/aromatic N) is 2. The highest BCUT2D eigenvalue weighted by atomic mass is 16.2. The maximum Gasteiger partial charge on any atom is 0.236 e. The minimum atomic E-state index is 0.179. The molecule has 1 aliphatic rings. The summed E-state index contributed by atoms with van der Waals surface area (Å²) in [6.07, 6.45) is 3.52. The van der Waals surface area contributed by atoms with Crippen LogP contribution < -0.4 is 5.73 Å². The number of rotatable bonds is 5. The summed E-state index contributed by atoms with van der Waals surface area (Å²) in [5.41, 5.74) is 8.26. The van der Waals surface area contributed by atoms with E-state index in [2.05, 4.69) is 24.0 Å². The van der Waals surface area contributed by atoms with Gasteiger partial charge in [0.1, 0.15) is 0 Å². The molecule has 1 unspecified atom stereocenters. The van der Waals surface area contributed by atoms with Crippen molar-refractivity contribution >= 4 is 5.91 Å². The maximum absolute atomic E-state index is 12.4. The summed E-state index contributed by atoms with van der Waals surface area (Å²) in [5, 5.41) is 0. The van der Waals surface area contributed by atoms with Gasteiger partial charge in [0.05, 0.1) is 6.54 Å². The van der Waals surface area contributed by atoms with Crippen LogP contribution in [-0.4, -0.2) is 48.4 Å². The molecule has 1 atom stereocenters. The van der Waals surface area contributed by atoms with E-state index in [1.54, 1.807) is 0 Å². The molecule has 0 radical (unpaired) electrons. The van der Waals surface area contributed by atoms with Crippen LogP contribution in [-0.2, 0) is 11.3 Å². The average molecular weight is 289 g/mol. The molecule has 1 saturated heterocycles. The van der Waals surface area contributed by atoms with E-state index >= 15 is 0 Å². The van der Waals surface area contributed by atoms with Crippen LogP contribution in [0.15, 0.2) is 24.3 Å². The van der Waals surface area contributed by atoms with Crippen molar-refractivity contribution in [2.45, 2.75) is 38.8 Å². The van der Waals surface area contributed by atoms with Gasteiger partial charge in [-0.05, 0) is 37.4 Å². The van der Waals surface area contributed by atoms with Crippen LogP contribution in [0.1, 0.15) is 30.4 Å². The van der Waals surface area contributed by atoms with Gasteiger partial charge in [-0.25, -0.2) is 0 Å². The standard InChI is InChI=1S/C17H27N3O/c1-14-7-3-4-8-15(14)12-19(2)17(21)13-20-10-6-5-9-16(20)11-18/h3-4,7-8,16H,5-6,9-13,18H2,1-2H3. The zero-order chi connectivity index (χ0) is 15.2. The van der Waals surface area contributed by atoms with Gasteiger partial charge in [0.2, 0.25) is 5.91 Å². The van der Waals surface area contributed by atoms with E-state index in [9.17, 15) is 4.79 Å². The fraction of sp³-hybridized carbons (Fsp3) is 0.588. The second-order valence-corrected chi connectivity index (χ2v) is 6.03. The first-order valence-corrected chi connectivity index (χ1v) is 7.84. The first-order chi connectivity index (χ1) is 10.1. The van der Waals surface area contributed by atoms with Gasteiger partial charge < -0.3 is 10.6 Å². The molecule has 21 heavy (non-hydrogen) atoms. The summed E-state index contributed by atoms with van der Waals surface area (Å²) in [5.74, 6) is 0.179. The largest absolute Gasteiger partial charge is 0.340 e. The number of likely N-dealkylation sites (N-methyl/N-ethyl adjacent to an activating group) is 1. The summed E-state index contributed by atoms with van der Waals surface area (Å²) in [7, 11) is 1.89. The van der Waals surface area contributed by atoms with Crippen molar-refractivity contribution in [1.82, 2.24) is 9.80 Å². The first-order valence-electron chi connectivity index (χ1n) is 7.84. The molecule has 0 bridgehead atoms. The van der Waals surface area contributed by atoms with Crippen molar-refractivity contribution < 1.29 is 4.79 Å². The van der Waals surface area contributed by atoms with E-state index in [4.69, 9.17) is 5.73 Å². The van der Waals surface area contributed by atoms with Crippen molar-refractivity contribution in [1.29, 1.82) is 0 Å². The first kappa shape index (κ1) is 16.0. The highest BCUT2D eigenvalue weighted by Crippen LogP contribution is 2.16. The van der Waals surface area contributed by atoms with Crippen molar-refractivity contribution in [3.8, 4) is 0 Å². The Balaban J connectivity index is 1.91. The number of likely N-dealkylation sites (tertiary alicyclic amines) is 1. The van der Waals surface area contributed by atoms with Crippen molar-refractivity contribution in [3.05, 3.63) is 35.4 Å². The molecule has 1 aromatic carbocycles. The summed E-state index contributed by atoms with van der Waals surface area (Å²) >= 11 is 0. The molecule has 2 rings (SSSR count). The zero-order valence-electron chi connectivity index (χ0n) is 13.2. The summed E-state index contributed by atoms with van der Waals surface area (Å²) in [4.78, 5) is 16.5. The summed E-state index contributed by atoms with van der Waals surface area (Å²) in [6.45, 7) is 4.89. The Morgan fingerprint density at radius 3 is 2.86 bits per heavy atom. The van der Waals surface area contributed by atoms with Crippen LogP contribution in [0.3, 0.4) is 0 Å². The third-order valence-corrected chi connectivity index (χ3v) is 4.45. The molecule has 1 aliphatic heterocycles. The van der Waals surface area contributed by atoms with Crippen molar-refractivity contribution in [3.63, 3.8) is 0 Å². The second kappa shape index (κ2) is 7.57. The highest BCUT2D eigenvalue weighted by Gasteiger charge is 2.24.